The first-order valence-corrected chi connectivity index (χ1v) is 7.00. The van der Waals surface area contributed by atoms with Gasteiger partial charge in [0.2, 0.25) is 0 Å². The zero-order chi connectivity index (χ0) is 13.5. The minimum absolute atomic E-state index is 0.256. The summed E-state index contributed by atoms with van der Waals surface area (Å²) < 4.78 is 0. The molecule has 1 aromatic carbocycles. The quantitative estimate of drug-likeness (QED) is 0.801. The first-order chi connectivity index (χ1) is 8.54. The van der Waals surface area contributed by atoms with Crippen LogP contribution in [0.2, 0.25) is 0 Å². The molecule has 2 atom stereocenters. The predicted molar refractivity (Wildman–Crippen MR) is 77.5 cm³/mol. The van der Waals surface area contributed by atoms with Gasteiger partial charge in [0.15, 0.2) is 0 Å². The maximum atomic E-state index is 10.3. The smallest absolute Gasteiger partial charge is 0.0827 e. The van der Waals surface area contributed by atoms with E-state index in [1.165, 1.54) is 0 Å². The summed E-state index contributed by atoms with van der Waals surface area (Å²) in [6.07, 6.45) is -0.368. The highest BCUT2D eigenvalue weighted by Crippen LogP contribution is 2.22. The highest BCUT2D eigenvalue weighted by molar-refractivity contribution is 5.17. The van der Waals surface area contributed by atoms with Crippen LogP contribution in [0.5, 0.6) is 0 Å². The summed E-state index contributed by atoms with van der Waals surface area (Å²) in [5.74, 6) is 0.928. The van der Waals surface area contributed by atoms with Crippen LogP contribution in [0.1, 0.15) is 39.4 Å². The molecule has 0 aromatic heterocycles. The fourth-order valence-electron chi connectivity index (χ4n) is 2.33. The van der Waals surface area contributed by atoms with E-state index in [2.05, 4.69) is 32.6 Å². The molecule has 1 rings (SSSR count). The average Bonchev–Trinajstić information content (AvgIpc) is 2.37. The Labute approximate surface area is 112 Å². The molecule has 0 aliphatic carbocycles. The molecule has 0 bridgehead atoms. The van der Waals surface area contributed by atoms with E-state index < -0.39 is 0 Å². The van der Waals surface area contributed by atoms with Crippen molar-refractivity contribution in [3.05, 3.63) is 35.9 Å². The topological polar surface area (TPSA) is 23.5 Å². The zero-order valence-corrected chi connectivity index (χ0v) is 12.1. The summed E-state index contributed by atoms with van der Waals surface area (Å²) in [5, 5.41) is 10.3. The standard InChI is InChI=1S/C16H27NO/c1-5-17(11-13(2)3)12-14(4)16(18)15-9-7-6-8-10-15/h6-10,13-14,16,18H,5,11-12H2,1-4H3. The first-order valence-electron chi connectivity index (χ1n) is 7.00. The van der Waals surface area contributed by atoms with E-state index in [0.29, 0.717) is 5.92 Å². The number of rotatable bonds is 7. The van der Waals surface area contributed by atoms with Gasteiger partial charge in [-0.2, -0.15) is 0 Å². The second-order valence-electron chi connectivity index (χ2n) is 5.58. The summed E-state index contributed by atoms with van der Waals surface area (Å²) >= 11 is 0. The van der Waals surface area contributed by atoms with Gasteiger partial charge < -0.3 is 10.0 Å². The Bertz CT molecular complexity index is 323. The van der Waals surface area contributed by atoms with Crippen LogP contribution in [-0.4, -0.2) is 29.6 Å². The van der Waals surface area contributed by atoms with Crippen LogP contribution < -0.4 is 0 Å². The van der Waals surface area contributed by atoms with Gasteiger partial charge in [-0.3, -0.25) is 0 Å². The largest absolute Gasteiger partial charge is 0.388 e. The Balaban J connectivity index is 2.56. The fourth-order valence-corrected chi connectivity index (χ4v) is 2.33. The predicted octanol–water partition coefficient (Wildman–Crippen LogP) is 3.33. The SMILES string of the molecule is CCN(CC(C)C)CC(C)C(O)c1ccccc1. The summed E-state index contributed by atoms with van der Waals surface area (Å²) in [6, 6.07) is 9.95. The average molecular weight is 249 g/mol. The first kappa shape index (κ1) is 15.2. The van der Waals surface area contributed by atoms with Crippen molar-refractivity contribution in [2.45, 2.75) is 33.8 Å². The summed E-state index contributed by atoms with van der Waals surface area (Å²) in [6.45, 7) is 11.9. The number of aliphatic hydroxyl groups excluding tert-OH is 1. The van der Waals surface area contributed by atoms with Crippen LogP contribution in [0.15, 0.2) is 30.3 Å². The fraction of sp³-hybridized carbons (Fsp3) is 0.625. The van der Waals surface area contributed by atoms with Gasteiger partial charge in [0, 0.05) is 13.1 Å². The van der Waals surface area contributed by atoms with Crippen molar-refractivity contribution in [2.24, 2.45) is 11.8 Å². The van der Waals surface area contributed by atoms with Crippen LogP contribution in [0.4, 0.5) is 0 Å². The lowest BCUT2D eigenvalue weighted by Crippen LogP contribution is -2.33. The molecule has 1 N–H and O–H groups in total. The van der Waals surface area contributed by atoms with Crippen LogP contribution in [0, 0.1) is 11.8 Å². The van der Waals surface area contributed by atoms with Crippen molar-refractivity contribution in [1.82, 2.24) is 4.90 Å². The van der Waals surface area contributed by atoms with Crippen molar-refractivity contribution >= 4 is 0 Å². The van der Waals surface area contributed by atoms with Gasteiger partial charge in [-0.05, 0) is 23.9 Å². The summed E-state index contributed by atoms with van der Waals surface area (Å²) in [5.41, 5.74) is 1.02. The minimum atomic E-state index is -0.368. The molecule has 1 aromatic rings. The third-order valence-corrected chi connectivity index (χ3v) is 3.30. The van der Waals surface area contributed by atoms with E-state index in [-0.39, 0.29) is 12.0 Å². The van der Waals surface area contributed by atoms with Gasteiger partial charge >= 0.3 is 0 Å². The molecule has 2 nitrogen and oxygen atoms in total. The Morgan fingerprint density at radius 3 is 2.17 bits per heavy atom. The van der Waals surface area contributed by atoms with E-state index in [4.69, 9.17) is 0 Å². The Kier molecular flexibility index (Phi) is 6.37. The molecule has 0 saturated heterocycles. The molecule has 0 fully saturated rings. The van der Waals surface area contributed by atoms with Crippen molar-refractivity contribution in [3.8, 4) is 0 Å². The van der Waals surface area contributed by atoms with E-state index >= 15 is 0 Å². The second-order valence-corrected chi connectivity index (χ2v) is 5.58. The lowest BCUT2D eigenvalue weighted by atomic mass is 9.96. The van der Waals surface area contributed by atoms with Gasteiger partial charge in [0.25, 0.3) is 0 Å². The number of hydrogen-bond acceptors (Lipinski definition) is 2. The molecule has 2 unspecified atom stereocenters. The van der Waals surface area contributed by atoms with Gasteiger partial charge in [0.1, 0.15) is 0 Å². The van der Waals surface area contributed by atoms with E-state index in [1.54, 1.807) is 0 Å². The van der Waals surface area contributed by atoms with Crippen LogP contribution in [0.3, 0.4) is 0 Å². The molecule has 18 heavy (non-hydrogen) atoms. The molecule has 102 valence electrons. The molecule has 0 saturated carbocycles. The number of aliphatic hydroxyl groups is 1. The molecule has 0 aliphatic heterocycles. The molecule has 0 radical (unpaired) electrons. The van der Waals surface area contributed by atoms with Crippen molar-refractivity contribution in [3.63, 3.8) is 0 Å². The Morgan fingerprint density at radius 1 is 1.06 bits per heavy atom. The molecular formula is C16H27NO. The monoisotopic (exact) mass is 249 g/mol. The second kappa shape index (κ2) is 7.55. The highest BCUT2D eigenvalue weighted by Gasteiger charge is 2.19. The minimum Gasteiger partial charge on any atom is -0.388 e. The number of benzene rings is 1. The lowest BCUT2D eigenvalue weighted by molar-refractivity contribution is 0.0861. The summed E-state index contributed by atoms with van der Waals surface area (Å²) in [7, 11) is 0. The summed E-state index contributed by atoms with van der Waals surface area (Å²) in [4.78, 5) is 2.42. The van der Waals surface area contributed by atoms with E-state index in [9.17, 15) is 5.11 Å². The van der Waals surface area contributed by atoms with Gasteiger partial charge in [-0.25, -0.2) is 0 Å². The van der Waals surface area contributed by atoms with Gasteiger partial charge in [-0.15, -0.1) is 0 Å². The molecule has 0 spiro atoms. The normalized spacial score (nSPS) is 15.1. The molecule has 0 heterocycles. The van der Waals surface area contributed by atoms with Gasteiger partial charge in [-0.1, -0.05) is 58.0 Å². The zero-order valence-electron chi connectivity index (χ0n) is 12.1. The van der Waals surface area contributed by atoms with E-state index in [1.807, 2.05) is 30.3 Å². The maximum Gasteiger partial charge on any atom is 0.0827 e. The molecule has 2 heteroatoms. The third-order valence-electron chi connectivity index (χ3n) is 3.30. The van der Waals surface area contributed by atoms with Crippen LogP contribution in [-0.2, 0) is 0 Å². The lowest BCUT2D eigenvalue weighted by Gasteiger charge is -2.28. The van der Waals surface area contributed by atoms with Gasteiger partial charge in [0.05, 0.1) is 6.10 Å². The maximum absolute atomic E-state index is 10.3. The van der Waals surface area contributed by atoms with E-state index in [0.717, 1.165) is 25.2 Å². The Hall–Kier alpha value is -0.860. The Morgan fingerprint density at radius 2 is 1.67 bits per heavy atom. The van der Waals surface area contributed by atoms with Crippen molar-refractivity contribution in [1.29, 1.82) is 0 Å². The third kappa shape index (κ3) is 4.79. The molecule has 0 amide bonds. The van der Waals surface area contributed by atoms with Crippen molar-refractivity contribution in [2.75, 3.05) is 19.6 Å². The van der Waals surface area contributed by atoms with Crippen LogP contribution in [0.25, 0.3) is 0 Å². The highest BCUT2D eigenvalue weighted by atomic mass is 16.3. The van der Waals surface area contributed by atoms with Crippen molar-refractivity contribution < 1.29 is 5.11 Å². The molecular weight excluding hydrogens is 222 g/mol. The number of hydrogen-bond donors (Lipinski definition) is 1. The number of nitrogens with zero attached hydrogens (tertiary/aromatic N) is 1. The molecule has 0 aliphatic rings. The van der Waals surface area contributed by atoms with Crippen LogP contribution >= 0.6 is 0 Å².